The van der Waals surface area contributed by atoms with Gasteiger partial charge in [0.2, 0.25) is 0 Å². The van der Waals surface area contributed by atoms with Crippen LogP contribution in [0.1, 0.15) is 46.2 Å². The monoisotopic (exact) mass is 293 g/mol. The third-order valence-corrected chi connectivity index (χ3v) is 3.58. The van der Waals surface area contributed by atoms with E-state index in [9.17, 15) is 0 Å². The van der Waals surface area contributed by atoms with Crippen molar-refractivity contribution >= 4 is 0 Å². The Bertz CT molecular complexity index is 387. The molecule has 3 heteroatoms. The van der Waals surface area contributed by atoms with Crippen molar-refractivity contribution in [3.8, 4) is 5.75 Å². The summed E-state index contributed by atoms with van der Waals surface area (Å²) in [5, 5.41) is 3.64. The van der Waals surface area contributed by atoms with Crippen LogP contribution in [0, 0.1) is 11.8 Å². The molecule has 1 N–H and O–H groups in total. The van der Waals surface area contributed by atoms with Crippen molar-refractivity contribution in [2.45, 2.75) is 46.7 Å². The first-order chi connectivity index (χ1) is 9.93. The SMILES string of the molecule is COCC(NC(C)c1ccc(OCC(C)C)cc1)C(C)C. The largest absolute Gasteiger partial charge is 0.493 e. The van der Waals surface area contributed by atoms with Crippen LogP contribution < -0.4 is 10.1 Å². The molecule has 0 amide bonds. The summed E-state index contributed by atoms with van der Waals surface area (Å²) in [6.07, 6.45) is 0. The van der Waals surface area contributed by atoms with Crippen molar-refractivity contribution in [1.29, 1.82) is 0 Å². The Morgan fingerprint density at radius 1 is 0.952 bits per heavy atom. The van der Waals surface area contributed by atoms with Gasteiger partial charge in [-0.1, -0.05) is 39.8 Å². The number of ether oxygens (including phenoxy) is 2. The molecule has 0 aliphatic carbocycles. The van der Waals surface area contributed by atoms with Crippen LogP contribution in [-0.4, -0.2) is 26.4 Å². The molecule has 21 heavy (non-hydrogen) atoms. The lowest BCUT2D eigenvalue weighted by atomic mass is 10.0. The molecule has 0 fully saturated rings. The average Bonchev–Trinajstić information content (AvgIpc) is 2.45. The van der Waals surface area contributed by atoms with Gasteiger partial charge in [-0.05, 0) is 36.5 Å². The van der Waals surface area contributed by atoms with Crippen molar-refractivity contribution in [3.63, 3.8) is 0 Å². The van der Waals surface area contributed by atoms with Gasteiger partial charge in [0.1, 0.15) is 5.75 Å². The highest BCUT2D eigenvalue weighted by Crippen LogP contribution is 2.19. The van der Waals surface area contributed by atoms with Crippen molar-refractivity contribution in [2.24, 2.45) is 11.8 Å². The van der Waals surface area contributed by atoms with E-state index in [2.05, 4.69) is 64.2 Å². The van der Waals surface area contributed by atoms with Gasteiger partial charge in [0, 0.05) is 19.2 Å². The maximum atomic E-state index is 5.72. The first-order valence-corrected chi connectivity index (χ1v) is 7.91. The topological polar surface area (TPSA) is 30.5 Å². The molecule has 0 aliphatic heterocycles. The van der Waals surface area contributed by atoms with Crippen LogP contribution in [0.4, 0.5) is 0 Å². The van der Waals surface area contributed by atoms with Crippen LogP contribution >= 0.6 is 0 Å². The first kappa shape index (κ1) is 18.0. The molecule has 120 valence electrons. The quantitative estimate of drug-likeness (QED) is 0.745. The highest BCUT2D eigenvalue weighted by Gasteiger charge is 2.16. The molecule has 0 aliphatic rings. The fourth-order valence-electron chi connectivity index (χ4n) is 2.15. The maximum Gasteiger partial charge on any atom is 0.119 e. The second-order valence-electron chi connectivity index (χ2n) is 6.47. The van der Waals surface area contributed by atoms with Gasteiger partial charge in [-0.25, -0.2) is 0 Å². The van der Waals surface area contributed by atoms with Crippen molar-refractivity contribution < 1.29 is 9.47 Å². The van der Waals surface area contributed by atoms with E-state index in [1.54, 1.807) is 7.11 Å². The van der Waals surface area contributed by atoms with E-state index >= 15 is 0 Å². The summed E-state index contributed by atoms with van der Waals surface area (Å²) >= 11 is 0. The summed E-state index contributed by atoms with van der Waals surface area (Å²) in [6.45, 7) is 12.4. The van der Waals surface area contributed by atoms with Crippen LogP contribution in [0.3, 0.4) is 0 Å². The molecule has 0 heterocycles. The summed E-state index contributed by atoms with van der Waals surface area (Å²) < 4.78 is 11.0. The van der Waals surface area contributed by atoms with Gasteiger partial charge in [-0.2, -0.15) is 0 Å². The number of rotatable bonds is 9. The van der Waals surface area contributed by atoms with E-state index in [4.69, 9.17) is 9.47 Å². The van der Waals surface area contributed by atoms with Gasteiger partial charge in [0.15, 0.2) is 0 Å². The lowest BCUT2D eigenvalue weighted by Gasteiger charge is -2.26. The van der Waals surface area contributed by atoms with Crippen molar-refractivity contribution in [1.82, 2.24) is 5.32 Å². The maximum absolute atomic E-state index is 5.72. The van der Waals surface area contributed by atoms with E-state index < -0.39 is 0 Å². The molecular weight excluding hydrogens is 262 g/mol. The van der Waals surface area contributed by atoms with Gasteiger partial charge in [-0.3, -0.25) is 0 Å². The summed E-state index contributed by atoms with van der Waals surface area (Å²) in [5.41, 5.74) is 1.27. The third kappa shape index (κ3) is 6.49. The predicted molar refractivity (Wildman–Crippen MR) is 88.8 cm³/mol. The summed E-state index contributed by atoms with van der Waals surface area (Å²) in [4.78, 5) is 0. The van der Waals surface area contributed by atoms with Crippen LogP contribution in [0.5, 0.6) is 5.75 Å². The zero-order valence-electron chi connectivity index (χ0n) is 14.3. The minimum atomic E-state index is 0.298. The first-order valence-electron chi connectivity index (χ1n) is 7.91. The minimum Gasteiger partial charge on any atom is -0.493 e. The van der Waals surface area contributed by atoms with Gasteiger partial charge in [-0.15, -0.1) is 0 Å². The van der Waals surface area contributed by atoms with E-state index in [0.29, 0.717) is 23.9 Å². The van der Waals surface area contributed by atoms with Gasteiger partial charge in [0.05, 0.1) is 13.2 Å². The highest BCUT2D eigenvalue weighted by molar-refractivity contribution is 5.29. The fourth-order valence-corrected chi connectivity index (χ4v) is 2.15. The molecule has 0 radical (unpaired) electrons. The Labute approximate surface area is 130 Å². The Morgan fingerprint density at radius 2 is 1.57 bits per heavy atom. The van der Waals surface area contributed by atoms with Crippen molar-refractivity contribution in [2.75, 3.05) is 20.3 Å². The van der Waals surface area contributed by atoms with Gasteiger partial charge < -0.3 is 14.8 Å². The lowest BCUT2D eigenvalue weighted by molar-refractivity contribution is 0.141. The Hall–Kier alpha value is -1.06. The van der Waals surface area contributed by atoms with Gasteiger partial charge in [0.25, 0.3) is 0 Å². The molecule has 1 aromatic carbocycles. The molecule has 2 unspecified atom stereocenters. The number of methoxy groups -OCH3 is 1. The molecule has 0 saturated heterocycles. The van der Waals surface area contributed by atoms with E-state index in [1.807, 2.05) is 0 Å². The van der Waals surface area contributed by atoms with E-state index in [-0.39, 0.29) is 0 Å². The standard InChI is InChI=1S/C18H31NO2/c1-13(2)11-21-17-9-7-16(8-10-17)15(5)19-18(12-20-6)14(3)4/h7-10,13-15,18-19H,11-12H2,1-6H3. The van der Waals surface area contributed by atoms with Crippen LogP contribution in [-0.2, 0) is 4.74 Å². The second kappa shape index (κ2) is 9.06. The number of hydrogen-bond acceptors (Lipinski definition) is 3. The van der Waals surface area contributed by atoms with Crippen LogP contribution in [0.15, 0.2) is 24.3 Å². The Morgan fingerprint density at radius 3 is 2.05 bits per heavy atom. The third-order valence-electron chi connectivity index (χ3n) is 3.58. The molecule has 1 aromatic rings. The number of hydrogen-bond donors (Lipinski definition) is 1. The van der Waals surface area contributed by atoms with E-state index in [1.165, 1.54) is 5.56 Å². The molecule has 2 atom stereocenters. The predicted octanol–water partition coefficient (Wildman–Crippen LogP) is 4.04. The van der Waals surface area contributed by atoms with Crippen molar-refractivity contribution in [3.05, 3.63) is 29.8 Å². The Kier molecular flexibility index (Phi) is 7.76. The normalized spacial score (nSPS) is 14.5. The van der Waals surface area contributed by atoms with Crippen LogP contribution in [0.2, 0.25) is 0 Å². The van der Waals surface area contributed by atoms with E-state index in [0.717, 1.165) is 19.0 Å². The summed E-state index contributed by atoms with van der Waals surface area (Å²) in [5.74, 6) is 2.03. The summed E-state index contributed by atoms with van der Waals surface area (Å²) in [6, 6.07) is 9.04. The lowest BCUT2D eigenvalue weighted by Crippen LogP contribution is -2.39. The number of nitrogens with one attached hydrogen (secondary N) is 1. The average molecular weight is 293 g/mol. The fraction of sp³-hybridized carbons (Fsp3) is 0.667. The molecule has 0 aromatic heterocycles. The Balaban J connectivity index is 2.59. The second-order valence-corrected chi connectivity index (χ2v) is 6.47. The zero-order chi connectivity index (χ0) is 15.8. The zero-order valence-corrected chi connectivity index (χ0v) is 14.3. The van der Waals surface area contributed by atoms with Crippen LogP contribution in [0.25, 0.3) is 0 Å². The molecule has 0 bridgehead atoms. The minimum absolute atomic E-state index is 0.298. The smallest absolute Gasteiger partial charge is 0.119 e. The molecule has 1 rings (SSSR count). The summed E-state index contributed by atoms with van der Waals surface area (Å²) in [7, 11) is 1.75. The molecule has 0 spiro atoms. The molecule has 3 nitrogen and oxygen atoms in total. The van der Waals surface area contributed by atoms with Gasteiger partial charge >= 0.3 is 0 Å². The number of benzene rings is 1. The molecular formula is C18H31NO2. The highest BCUT2D eigenvalue weighted by atomic mass is 16.5. The molecule has 0 saturated carbocycles.